The fraction of sp³-hybridized carbons (Fsp3) is 0.290. The number of hydrogen-bond donors (Lipinski definition) is 3. The zero-order chi connectivity index (χ0) is 25.2. The quantitative estimate of drug-likeness (QED) is 0.384. The van der Waals surface area contributed by atoms with Crippen LogP contribution in [0.4, 0.5) is 5.69 Å². The summed E-state index contributed by atoms with van der Waals surface area (Å²) >= 11 is 0. The number of phenolic OH excluding ortho intramolecular Hbond substituents is 2. The molecule has 3 aromatic carbocycles. The van der Waals surface area contributed by atoms with Gasteiger partial charge < -0.3 is 25.2 Å². The second kappa shape index (κ2) is 10.0. The summed E-state index contributed by atoms with van der Waals surface area (Å²) in [4.78, 5) is 2.51. The third-order valence-electron chi connectivity index (χ3n) is 7.15. The molecule has 0 bridgehead atoms. The molecule has 0 spiro atoms. The number of ether oxygens (including phenoxy) is 1. The van der Waals surface area contributed by atoms with Crippen LogP contribution in [0.3, 0.4) is 0 Å². The van der Waals surface area contributed by atoms with Crippen molar-refractivity contribution in [3.63, 3.8) is 0 Å². The second-order valence-corrected chi connectivity index (χ2v) is 9.87. The number of nitrogens with zero attached hydrogens (tertiary/aromatic N) is 1. The fourth-order valence-electron chi connectivity index (χ4n) is 5.26. The summed E-state index contributed by atoms with van der Waals surface area (Å²) in [5, 5.41) is 24.0. The number of aromatic hydroxyl groups is 2. The van der Waals surface area contributed by atoms with Crippen molar-refractivity contribution in [3.05, 3.63) is 82.9 Å². The Hall–Kier alpha value is -3.88. The lowest BCUT2D eigenvalue weighted by molar-refractivity contribution is 0.259. The monoisotopic (exact) mass is 480 g/mol. The van der Waals surface area contributed by atoms with Crippen molar-refractivity contribution in [2.24, 2.45) is 5.92 Å². The maximum atomic E-state index is 10.3. The van der Waals surface area contributed by atoms with E-state index in [0.717, 1.165) is 52.5 Å². The number of hydrogen-bond acceptors (Lipinski definition) is 5. The van der Waals surface area contributed by atoms with E-state index in [0.29, 0.717) is 11.3 Å². The van der Waals surface area contributed by atoms with E-state index in [1.165, 1.54) is 19.5 Å². The van der Waals surface area contributed by atoms with Gasteiger partial charge in [0.05, 0.1) is 0 Å². The smallest absolute Gasteiger partial charge is 0.150 e. The highest BCUT2D eigenvalue weighted by molar-refractivity contribution is 5.96. The van der Waals surface area contributed by atoms with Gasteiger partial charge in [0.15, 0.2) is 0 Å². The standard InChI is InChI=1S/C31H32N2O3/c1-4-22-15-24(17-27(35)16-22)30-21(3)28-18-26(34)9-10-29(28)36-31(30)23-5-7-25(8-6-23)32-12-14-33-13-11-20(2)19-33/h1,5-10,15-18,20,31-32,34-35H,11-14,19H2,2-3H3/t20-,31?/m1/s1. The van der Waals surface area contributed by atoms with Crippen molar-refractivity contribution in [2.45, 2.75) is 26.4 Å². The Balaban J connectivity index is 1.44. The van der Waals surface area contributed by atoms with E-state index in [-0.39, 0.29) is 11.5 Å². The molecule has 2 heterocycles. The van der Waals surface area contributed by atoms with Gasteiger partial charge in [-0.3, -0.25) is 0 Å². The molecule has 0 aromatic heterocycles. The van der Waals surface area contributed by atoms with Crippen LogP contribution in [0.25, 0.3) is 11.1 Å². The van der Waals surface area contributed by atoms with Crippen LogP contribution in [0.15, 0.2) is 60.7 Å². The molecular formula is C31H32N2O3. The predicted octanol–water partition coefficient (Wildman–Crippen LogP) is 5.90. The summed E-state index contributed by atoms with van der Waals surface area (Å²) in [6.07, 6.45) is 6.54. The summed E-state index contributed by atoms with van der Waals surface area (Å²) in [6.45, 7) is 8.65. The molecule has 36 heavy (non-hydrogen) atoms. The first-order valence-electron chi connectivity index (χ1n) is 12.5. The Bertz CT molecular complexity index is 1340. The predicted molar refractivity (Wildman–Crippen MR) is 145 cm³/mol. The number of rotatable bonds is 6. The Morgan fingerprint density at radius 1 is 1.06 bits per heavy atom. The van der Waals surface area contributed by atoms with Crippen LogP contribution in [0, 0.1) is 18.3 Å². The van der Waals surface area contributed by atoms with E-state index in [1.54, 1.807) is 30.3 Å². The third kappa shape index (κ3) is 4.91. The minimum absolute atomic E-state index is 0.105. The molecule has 0 saturated carbocycles. The van der Waals surface area contributed by atoms with E-state index in [9.17, 15) is 10.2 Å². The Labute approximate surface area is 213 Å². The van der Waals surface area contributed by atoms with Crippen molar-refractivity contribution in [2.75, 3.05) is 31.5 Å². The lowest BCUT2D eigenvalue weighted by Crippen LogP contribution is -2.26. The van der Waals surface area contributed by atoms with Gasteiger partial charge in [-0.15, -0.1) is 6.42 Å². The molecule has 0 amide bonds. The van der Waals surface area contributed by atoms with Gasteiger partial charge in [-0.2, -0.15) is 0 Å². The maximum Gasteiger partial charge on any atom is 0.150 e. The SMILES string of the molecule is C#Cc1cc(O)cc(C2=C(C)c3cc(O)ccc3OC2c2ccc(NCCN3CC[C@@H](C)C3)cc2)c1. The van der Waals surface area contributed by atoms with Crippen molar-refractivity contribution in [1.82, 2.24) is 4.90 Å². The van der Waals surface area contributed by atoms with Gasteiger partial charge in [0.1, 0.15) is 23.4 Å². The Morgan fingerprint density at radius 2 is 1.86 bits per heavy atom. The van der Waals surface area contributed by atoms with Gasteiger partial charge in [0, 0.05) is 42.0 Å². The molecule has 3 aromatic rings. The first-order valence-corrected chi connectivity index (χ1v) is 12.5. The highest BCUT2D eigenvalue weighted by Gasteiger charge is 2.30. The number of terminal acetylenes is 1. The van der Waals surface area contributed by atoms with Crippen LogP contribution in [0.2, 0.25) is 0 Å². The van der Waals surface area contributed by atoms with Crippen LogP contribution in [-0.4, -0.2) is 41.3 Å². The van der Waals surface area contributed by atoms with E-state index in [4.69, 9.17) is 11.2 Å². The van der Waals surface area contributed by atoms with Crippen molar-refractivity contribution in [1.29, 1.82) is 0 Å². The molecule has 5 nitrogen and oxygen atoms in total. The van der Waals surface area contributed by atoms with Crippen LogP contribution < -0.4 is 10.1 Å². The Kier molecular flexibility index (Phi) is 6.63. The molecule has 1 fully saturated rings. The van der Waals surface area contributed by atoms with Gasteiger partial charge >= 0.3 is 0 Å². The average Bonchev–Trinajstić information content (AvgIpc) is 3.29. The summed E-state index contributed by atoms with van der Waals surface area (Å²) in [5.74, 6) is 4.40. The molecule has 1 unspecified atom stereocenters. The van der Waals surface area contributed by atoms with E-state index in [2.05, 4.69) is 47.3 Å². The second-order valence-electron chi connectivity index (χ2n) is 9.87. The van der Waals surface area contributed by atoms with Gasteiger partial charge in [-0.25, -0.2) is 0 Å². The van der Waals surface area contributed by atoms with Crippen molar-refractivity contribution >= 4 is 16.8 Å². The molecule has 5 heteroatoms. The molecule has 3 N–H and O–H groups in total. The minimum Gasteiger partial charge on any atom is -0.508 e. The van der Waals surface area contributed by atoms with Crippen LogP contribution in [-0.2, 0) is 0 Å². The zero-order valence-electron chi connectivity index (χ0n) is 20.8. The molecule has 1 saturated heterocycles. The molecular weight excluding hydrogens is 448 g/mol. The van der Waals surface area contributed by atoms with E-state index >= 15 is 0 Å². The molecule has 184 valence electrons. The third-order valence-corrected chi connectivity index (χ3v) is 7.15. The van der Waals surface area contributed by atoms with E-state index in [1.807, 2.05) is 13.0 Å². The number of fused-ring (bicyclic) bond motifs is 1. The lowest BCUT2D eigenvalue weighted by Gasteiger charge is -2.31. The average molecular weight is 481 g/mol. The summed E-state index contributed by atoms with van der Waals surface area (Å²) in [7, 11) is 0. The molecule has 5 rings (SSSR count). The first-order chi connectivity index (χ1) is 17.4. The molecule has 2 aliphatic heterocycles. The number of nitrogens with one attached hydrogen (secondary N) is 1. The number of likely N-dealkylation sites (tertiary alicyclic amines) is 1. The van der Waals surface area contributed by atoms with Gasteiger partial charge in [-0.1, -0.05) is 25.0 Å². The molecule has 0 radical (unpaired) electrons. The topological polar surface area (TPSA) is 65.0 Å². The summed E-state index contributed by atoms with van der Waals surface area (Å²) in [6, 6.07) is 18.6. The van der Waals surface area contributed by atoms with Crippen LogP contribution in [0.1, 0.15) is 48.6 Å². The summed E-state index contributed by atoms with van der Waals surface area (Å²) < 4.78 is 6.49. The number of anilines is 1. The normalized spacial score (nSPS) is 19.5. The van der Waals surface area contributed by atoms with Gasteiger partial charge in [-0.05, 0) is 91.0 Å². The maximum absolute atomic E-state index is 10.3. The van der Waals surface area contributed by atoms with Crippen molar-refractivity contribution < 1.29 is 14.9 Å². The number of phenols is 2. The first kappa shape index (κ1) is 23.8. The minimum atomic E-state index is -0.394. The molecule has 0 aliphatic carbocycles. The summed E-state index contributed by atoms with van der Waals surface area (Å²) in [5.41, 5.74) is 6.15. The highest BCUT2D eigenvalue weighted by Crippen LogP contribution is 2.47. The van der Waals surface area contributed by atoms with Gasteiger partial charge in [0.25, 0.3) is 0 Å². The molecule has 2 atom stereocenters. The highest BCUT2D eigenvalue weighted by atomic mass is 16.5. The number of allylic oxidation sites excluding steroid dienone is 1. The Morgan fingerprint density at radius 3 is 2.58 bits per heavy atom. The largest absolute Gasteiger partial charge is 0.508 e. The van der Waals surface area contributed by atoms with E-state index < -0.39 is 6.10 Å². The zero-order valence-corrected chi connectivity index (χ0v) is 20.8. The number of benzene rings is 3. The van der Waals surface area contributed by atoms with Gasteiger partial charge in [0.2, 0.25) is 0 Å². The van der Waals surface area contributed by atoms with Crippen LogP contribution >= 0.6 is 0 Å². The van der Waals surface area contributed by atoms with Crippen molar-refractivity contribution in [3.8, 4) is 29.6 Å². The lowest BCUT2D eigenvalue weighted by atomic mass is 9.85. The molecule has 2 aliphatic rings. The van der Waals surface area contributed by atoms with Crippen LogP contribution in [0.5, 0.6) is 17.2 Å². The fourth-order valence-corrected chi connectivity index (χ4v) is 5.26.